The van der Waals surface area contributed by atoms with Crippen LogP contribution in [0.2, 0.25) is 0 Å². The molecule has 1 aromatic rings. The van der Waals surface area contributed by atoms with Gasteiger partial charge in [0.05, 0.1) is 0 Å². The van der Waals surface area contributed by atoms with Crippen molar-refractivity contribution in [3.8, 4) is 0 Å². The number of hydrogen-bond acceptors (Lipinski definition) is 0. The number of halogens is 1. The SMILES string of the molecule is [CH2]Cc1ccccc1C(F)CCCCCCCCCCC. The van der Waals surface area contributed by atoms with E-state index >= 15 is 0 Å². The molecular weight excluding hydrogens is 259 g/mol. The molecule has 21 heavy (non-hydrogen) atoms. The third-order valence-corrected chi connectivity index (χ3v) is 4.22. The second-order valence-electron chi connectivity index (χ2n) is 6.03. The molecule has 0 aliphatic carbocycles. The number of alkyl halides is 1. The minimum atomic E-state index is -0.812. The van der Waals surface area contributed by atoms with E-state index in [0.717, 1.165) is 17.5 Å². The number of rotatable bonds is 12. The Morgan fingerprint density at radius 1 is 0.905 bits per heavy atom. The molecular formula is C20H32F. The van der Waals surface area contributed by atoms with Crippen LogP contribution in [0.15, 0.2) is 24.3 Å². The van der Waals surface area contributed by atoms with Crippen LogP contribution in [0.25, 0.3) is 0 Å². The van der Waals surface area contributed by atoms with E-state index in [1.807, 2.05) is 24.3 Å². The first-order valence-corrected chi connectivity index (χ1v) is 8.80. The molecule has 1 radical (unpaired) electrons. The first-order valence-electron chi connectivity index (χ1n) is 8.80. The molecule has 0 heterocycles. The van der Waals surface area contributed by atoms with Crippen molar-refractivity contribution in [3.05, 3.63) is 42.3 Å². The lowest BCUT2D eigenvalue weighted by atomic mass is 9.97. The molecule has 0 nitrogen and oxygen atoms in total. The highest BCUT2D eigenvalue weighted by Crippen LogP contribution is 2.27. The number of benzene rings is 1. The van der Waals surface area contributed by atoms with E-state index in [4.69, 9.17) is 0 Å². The maximum absolute atomic E-state index is 14.3. The Morgan fingerprint density at radius 3 is 2.10 bits per heavy atom. The summed E-state index contributed by atoms with van der Waals surface area (Å²) in [4.78, 5) is 0. The molecule has 1 atom stereocenters. The Labute approximate surface area is 131 Å². The summed E-state index contributed by atoms with van der Waals surface area (Å²) < 4.78 is 14.3. The highest BCUT2D eigenvalue weighted by Gasteiger charge is 2.12. The lowest BCUT2D eigenvalue weighted by Gasteiger charge is -2.12. The molecule has 0 fully saturated rings. The molecule has 1 aromatic carbocycles. The summed E-state index contributed by atoms with van der Waals surface area (Å²) >= 11 is 0. The second kappa shape index (κ2) is 11.8. The Kier molecular flexibility index (Phi) is 10.2. The molecule has 1 unspecified atom stereocenters. The van der Waals surface area contributed by atoms with E-state index in [1.54, 1.807) is 0 Å². The Morgan fingerprint density at radius 2 is 1.48 bits per heavy atom. The van der Waals surface area contributed by atoms with Gasteiger partial charge in [-0.05, 0) is 30.9 Å². The second-order valence-corrected chi connectivity index (χ2v) is 6.03. The van der Waals surface area contributed by atoms with Crippen molar-refractivity contribution in [2.45, 2.75) is 83.7 Å². The lowest BCUT2D eigenvalue weighted by molar-refractivity contribution is 0.311. The predicted molar refractivity (Wildman–Crippen MR) is 91.2 cm³/mol. The van der Waals surface area contributed by atoms with E-state index < -0.39 is 6.17 Å². The largest absolute Gasteiger partial charge is 0.242 e. The van der Waals surface area contributed by atoms with E-state index in [9.17, 15) is 4.39 Å². The van der Waals surface area contributed by atoms with Crippen LogP contribution in [-0.4, -0.2) is 0 Å². The maximum Gasteiger partial charge on any atom is 0.125 e. The summed E-state index contributed by atoms with van der Waals surface area (Å²) in [5.41, 5.74) is 1.91. The lowest BCUT2D eigenvalue weighted by Crippen LogP contribution is -1.97. The normalized spacial score (nSPS) is 12.5. The molecule has 0 aromatic heterocycles. The highest BCUT2D eigenvalue weighted by atomic mass is 19.1. The summed E-state index contributed by atoms with van der Waals surface area (Å²) in [6.07, 6.45) is 12.1. The molecule has 0 N–H and O–H groups in total. The average molecular weight is 291 g/mol. The minimum Gasteiger partial charge on any atom is -0.242 e. The van der Waals surface area contributed by atoms with Gasteiger partial charge in [-0.25, -0.2) is 4.39 Å². The van der Waals surface area contributed by atoms with Gasteiger partial charge in [0, 0.05) is 0 Å². The number of hydrogen-bond donors (Lipinski definition) is 0. The summed E-state index contributed by atoms with van der Waals surface area (Å²) in [5.74, 6) is 0. The topological polar surface area (TPSA) is 0 Å². The zero-order valence-corrected chi connectivity index (χ0v) is 13.7. The summed E-state index contributed by atoms with van der Waals surface area (Å²) in [6.45, 7) is 6.13. The molecule has 0 bridgehead atoms. The van der Waals surface area contributed by atoms with Gasteiger partial charge in [-0.15, -0.1) is 0 Å². The van der Waals surface area contributed by atoms with Crippen molar-refractivity contribution in [2.24, 2.45) is 0 Å². The van der Waals surface area contributed by atoms with Crippen molar-refractivity contribution in [1.82, 2.24) is 0 Å². The fraction of sp³-hybridized carbons (Fsp3) is 0.650. The third kappa shape index (κ3) is 7.64. The fourth-order valence-electron chi connectivity index (χ4n) is 2.86. The van der Waals surface area contributed by atoms with Gasteiger partial charge in [-0.3, -0.25) is 0 Å². The minimum absolute atomic E-state index is 0.660. The van der Waals surface area contributed by atoms with Gasteiger partial charge in [-0.1, -0.05) is 89.0 Å². The highest BCUT2D eigenvalue weighted by molar-refractivity contribution is 5.29. The van der Waals surface area contributed by atoms with Crippen LogP contribution in [0.3, 0.4) is 0 Å². The first kappa shape index (κ1) is 18.2. The van der Waals surface area contributed by atoms with Gasteiger partial charge in [0.15, 0.2) is 0 Å². The van der Waals surface area contributed by atoms with Gasteiger partial charge in [0.25, 0.3) is 0 Å². The quantitative estimate of drug-likeness (QED) is 0.364. The van der Waals surface area contributed by atoms with Crippen LogP contribution in [-0.2, 0) is 6.42 Å². The van der Waals surface area contributed by atoms with Crippen molar-refractivity contribution in [1.29, 1.82) is 0 Å². The standard InChI is InChI=1S/C20H32F/c1-3-5-6-7-8-9-10-11-12-17-20(21)19-16-14-13-15-18(19)4-2/h13-16,20H,2-12,17H2,1H3. The number of unbranched alkanes of at least 4 members (excludes halogenated alkanes) is 8. The molecule has 1 heteroatoms. The van der Waals surface area contributed by atoms with Crippen molar-refractivity contribution in [3.63, 3.8) is 0 Å². The van der Waals surface area contributed by atoms with Gasteiger partial charge < -0.3 is 0 Å². The molecule has 119 valence electrons. The Hall–Kier alpha value is -0.850. The van der Waals surface area contributed by atoms with Crippen molar-refractivity contribution in [2.75, 3.05) is 0 Å². The third-order valence-electron chi connectivity index (χ3n) is 4.22. The average Bonchev–Trinajstić information content (AvgIpc) is 2.53. The summed E-state index contributed by atoms with van der Waals surface area (Å²) in [5, 5.41) is 0. The maximum atomic E-state index is 14.3. The Balaban J connectivity index is 2.09. The zero-order valence-electron chi connectivity index (χ0n) is 13.7. The van der Waals surface area contributed by atoms with E-state index in [0.29, 0.717) is 12.8 Å². The van der Waals surface area contributed by atoms with Crippen LogP contribution >= 0.6 is 0 Å². The van der Waals surface area contributed by atoms with Crippen LogP contribution in [0.1, 0.15) is 88.4 Å². The first-order chi connectivity index (χ1) is 10.3. The predicted octanol–water partition coefficient (Wildman–Crippen LogP) is 6.99. The van der Waals surface area contributed by atoms with Gasteiger partial charge in [0.2, 0.25) is 0 Å². The van der Waals surface area contributed by atoms with Crippen LogP contribution in [0.4, 0.5) is 4.39 Å². The smallest absolute Gasteiger partial charge is 0.125 e. The summed E-state index contributed by atoms with van der Waals surface area (Å²) in [7, 11) is 0. The van der Waals surface area contributed by atoms with Crippen molar-refractivity contribution >= 4 is 0 Å². The van der Waals surface area contributed by atoms with E-state index in [1.165, 1.54) is 51.4 Å². The van der Waals surface area contributed by atoms with Gasteiger partial charge in [-0.2, -0.15) is 0 Å². The molecule has 0 saturated carbocycles. The van der Waals surface area contributed by atoms with Crippen molar-refractivity contribution < 1.29 is 4.39 Å². The molecule has 0 aliphatic rings. The monoisotopic (exact) mass is 291 g/mol. The van der Waals surface area contributed by atoms with Crippen LogP contribution in [0, 0.1) is 6.92 Å². The molecule has 0 saturated heterocycles. The molecule has 1 rings (SSSR count). The summed E-state index contributed by atoms with van der Waals surface area (Å²) in [6, 6.07) is 7.80. The van der Waals surface area contributed by atoms with Gasteiger partial charge >= 0.3 is 0 Å². The fourth-order valence-corrected chi connectivity index (χ4v) is 2.86. The van der Waals surface area contributed by atoms with Crippen LogP contribution in [0.5, 0.6) is 0 Å². The van der Waals surface area contributed by atoms with E-state index in [2.05, 4.69) is 13.8 Å². The van der Waals surface area contributed by atoms with Crippen LogP contribution < -0.4 is 0 Å². The molecule has 0 aliphatic heterocycles. The van der Waals surface area contributed by atoms with E-state index in [-0.39, 0.29) is 0 Å². The zero-order chi connectivity index (χ0) is 15.3. The Bertz CT molecular complexity index is 359. The molecule has 0 amide bonds. The molecule has 0 spiro atoms. The van der Waals surface area contributed by atoms with Gasteiger partial charge in [0.1, 0.15) is 6.17 Å².